The molecule has 1 N–H and O–H groups in total. The molecule has 26 heavy (non-hydrogen) atoms. The van der Waals surface area contributed by atoms with Crippen LogP contribution in [0.4, 0.5) is 0 Å². The van der Waals surface area contributed by atoms with Crippen LogP contribution in [-0.4, -0.2) is 25.9 Å². The van der Waals surface area contributed by atoms with Gasteiger partial charge in [0.25, 0.3) is 0 Å². The third-order valence-corrected chi connectivity index (χ3v) is 5.50. The number of thioether (sulfide) groups is 1. The van der Waals surface area contributed by atoms with Crippen molar-refractivity contribution in [3.05, 3.63) is 52.9 Å². The van der Waals surface area contributed by atoms with Gasteiger partial charge in [0, 0.05) is 18.6 Å². The van der Waals surface area contributed by atoms with Gasteiger partial charge in [0.05, 0.1) is 17.1 Å². The number of rotatable bonds is 6. The number of carbonyl (C=O) groups excluding carboxylic acids is 1. The first-order valence-electron chi connectivity index (χ1n) is 8.09. The van der Waals surface area contributed by atoms with E-state index in [4.69, 9.17) is 16.0 Å². The average Bonchev–Trinajstić information content (AvgIpc) is 3.20. The lowest BCUT2D eigenvalue weighted by molar-refractivity contribution is -0.120. The van der Waals surface area contributed by atoms with Crippen LogP contribution in [0.15, 0.2) is 46.2 Å². The molecule has 0 aliphatic rings. The number of benzene rings is 1. The Kier molecular flexibility index (Phi) is 5.68. The second-order valence-corrected chi connectivity index (χ2v) is 7.54. The predicted molar refractivity (Wildman–Crippen MR) is 102 cm³/mol. The van der Waals surface area contributed by atoms with E-state index in [0.29, 0.717) is 22.5 Å². The molecule has 6 nitrogen and oxygen atoms in total. The van der Waals surface area contributed by atoms with Gasteiger partial charge in [-0.25, -0.2) is 0 Å². The number of aryl methyl sites for hydroxylation is 1. The summed E-state index contributed by atoms with van der Waals surface area (Å²) in [6.07, 6.45) is 1.62. The molecule has 0 saturated carbocycles. The normalized spacial score (nSPS) is 12.2. The fraction of sp³-hybridized carbons (Fsp3) is 0.278. The van der Waals surface area contributed by atoms with Gasteiger partial charge >= 0.3 is 0 Å². The standard InChI is InChI=1S/C18H19ClN4O2S/c1-11-14(8-9-25-11)16-21-22-18(23(16)3)26-12(2)17(24)20-10-13-6-4-5-7-15(13)19/h4-9,12H,10H2,1-3H3,(H,20,24)/t12-/m0/s1. The number of hydrogen-bond acceptors (Lipinski definition) is 5. The van der Waals surface area contributed by atoms with Crippen molar-refractivity contribution in [2.45, 2.75) is 30.8 Å². The third kappa shape index (κ3) is 3.94. The Morgan fingerprint density at radius 3 is 2.81 bits per heavy atom. The van der Waals surface area contributed by atoms with Gasteiger partial charge in [-0.15, -0.1) is 10.2 Å². The Balaban J connectivity index is 1.64. The lowest BCUT2D eigenvalue weighted by Crippen LogP contribution is -2.30. The molecule has 0 aliphatic heterocycles. The van der Waals surface area contributed by atoms with Crippen LogP contribution in [0.3, 0.4) is 0 Å². The van der Waals surface area contributed by atoms with Gasteiger partial charge in [0.1, 0.15) is 5.76 Å². The molecular weight excluding hydrogens is 372 g/mol. The fourth-order valence-corrected chi connectivity index (χ4v) is 3.49. The Bertz CT molecular complexity index is 922. The summed E-state index contributed by atoms with van der Waals surface area (Å²) in [5, 5.41) is 12.3. The molecular formula is C18H19ClN4O2S. The van der Waals surface area contributed by atoms with Crippen molar-refractivity contribution in [2.75, 3.05) is 0 Å². The summed E-state index contributed by atoms with van der Waals surface area (Å²) in [7, 11) is 1.87. The molecule has 0 unspecified atom stereocenters. The van der Waals surface area contributed by atoms with Gasteiger partial charge in [0.2, 0.25) is 5.91 Å². The highest BCUT2D eigenvalue weighted by atomic mass is 35.5. The Hall–Kier alpha value is -2.25. The first kappa shape index (κ1) is 18.5. The van der Waals surface area contributed by atoms with Gasteiger partial charge in [-0.05, 0) is 31.5 Å². The quantitative estimate of drug-likeness (QED) is 0.647. The number of furan rings is 1. The summed E-state index contributed by atoms with van der Waals surface area (Å²) in [5.41, 5.74) is 1.78. The predicted octanol–water partition coefficient (Wildman–Crippen LogP) is 3.83. The van der Waals surface area contributed by atoms with Crippen molar-refractivity contribution in [3.63, 3.8) is 0 Å². The monoisotopic (exact) mass is 390 g/mol. The average molecular weight is 391 g/mol. The Morgan fingerprint density at radius 1 is 1.35 bits per heavy atom. The molecule has 0 aliphatic carbocycles. The van der Waals surface area contributed by atoms with Crippen molar-refractivity contribution in [1.29, 1.82) is 0 Å². The molecule has 1 atom stereocenters. The van der Waals surface area contributed by atoms with E-state index in [1.165, 1.54) is 11.8 Å². The zero-order valence-electron chi connectivity index (χ0n) is 14.7. The zero-order valence-corrected chi connectivity index (χ0v) is 16.3. The summed E-state index contributed by atoms with van der Waals surface area (Å²) < 4.78 is 7.18. The highest BCUT2D eigenvalue weighted by Crippen LogP contribution is 2.28. The number of hydrogen-bond donors (Lipinski definition) is 1. The number of carbonyl (C=O) groups is 1. The minimum absolute atomic E-state index is 0.0843. The second-order valence-electron chi connectivity index (χ2n) is 5.82. The van der Waals surface area contributed by atoms with Crippen LogP contribution in [0.2, 0.25) is 5.02 Å². The van der Waals surface area contributed by atoms with E-state index < -0.39 is 0 Å². The number of nitrogens with zero attached hydrogens (tertiary/aromatic N) is 3. The molecule has 0 spiro atoms. The van der Waals surface area contributed by atoms with Gasteiger partial charge in [-0.2, -0.15) is 0 Å². The maximum atomic E-state index is 12.4. The van der Waals surface area contributed by atoms with E-state index in [0.717, 1.165) is 16.9 Å². The highest BCUT2D eigenvalue weighted by molar-refractivity contribution is 8.00. The Morgan fingerprint density at radius 2 is 2.12 bits per heavy atom. The summed E-state index contributed by atoms with van der Waals surface area (Å²) in [6, 6.07) is 9.31. The van der Waals surface area contributed by atoms with Crippen LogP contribution in [0.5, 0.6) is 0 Å². The van der Waals surface area contributed by atoms with Crippen molar-refractivity contribution in [3.8, 4) is 11.4 Å². The van der Waals surface area contributed by atoms with Crippen LogP contribution in [0, 0.1) is 6.92 Å². The van der Waals surface area contributed by atoms with Crippen LogP contribution in [0.1, 0.15) is 18.2 Å². The van der Waals surface area contributed by atoms with Crippen molar-refractivity contribution in [1.82, 2.24) is 20.1 Å². The second kappa shape index (κ2) is 7.97. The van der Waals surface area contributed by atoms with E-state index in [-0.39, 0.29) is 11.2 Å². The maximum Gasteiger partial charge on any atom is 0.233 e. The Labute approximate surface area is 160 Å². The fourth-order valence-electron chi connectivity index (χ4n) is 2.45. The molecule has 3 aromatic rings. The van der Waals surface area contributed by atoms with Crippen LogP contribution in [0.25, 0.3) is 11.4 Å². The minimum Gasteiger partial charge on any atom is -0.469 e. The summed E-state index contributed by atoms with van der Waals surface area (Å²) in [4.78, 5) is 12.4. The largest absolute Gasteiger partial charge is 0.469 e. The van der Waals surface area contributed by atoms with Crippen molar-refractivity contribution in [2.24, 2.45) is 7.05 Å². The lowest BCUT2D eigenvalue weighted by Gasteiger charge is -2.12. The summed E-state index contributed by atoms with van der Waals surface area (Å²) in [6.45, 7) is 4.10. The molecule has 8 heteroatoms. The number of aromatic nitrogens is 3. The molecule has 2 aromatic heterocycles. The molecule has 0 fully saturated rings. The highest BCUT2D eigenvalue weighted by Gasteiger charge is 2.20. The van der Waals surface area contributed by atoms with Crippen LogP contribution < -0.4 is 5.32 Å². The summed E-state index contributed by atoms with van der Waals surface area (Å²) >= 11 is 7.47. The van der Waals surface area contributed by atoms with Crippen LogP contribution in [-0.2, 0) is 18.4 Å². The van der Waals surface area contributed by atoms with Gasteiger partial charge in [-0.1, -0.05) is 41.6 Å². The zero-order chi connectivity index (χ0) is 18.7. The van der Waals surface area contributed by atoms with Gasteiger partial charge in [0.15, 0.2) is 11.0 Å². The summed E-state index contributed by atoms with van der Waals surface area (Å²) in [5.74, 6) is 1.41. The van der Waals surface area contributed by atoms with Gasteiger partial charge in [-0.3, -0.25) is 4.79 Å². The third-order valence-electron chi connectivity index (χ3n) is 4.00. The molecule has 0 radical (unpaired) electrons. The SMILES string of the molecule is Cc1occc1-c1nnc(S[C@@H](C)C(=O)NCc2ccccc2Cl)n1C. The molecule has 1 amide bonds. The molecule has 0 saturated heterocycles. The lowest BCUT2D eigenvalue weighted by atomic mass is 10.2. The van der Waals surface area contributed by atoms with E-state index in [1.54, 1.807) is 12.3 Å². The van der Waals surface area contributed by atoms with Crippen molar-refractivity contribution < 1.29 is 9.21 Å². The first-order valence-corrected chi connectivity index (χ1v) is 9.34. The molecule has 136 valence electrons. The number of halogens is 1. The minimum atomic E-state index is -0.321. The van der Waals surface area contributed by atoms with Crippen molar-refractivity contribution >= 4 is 29.3 Å². The molecule has 1 aromatic carbocycles. The molecule has 3 rings (SSSR count). The van der Waals surface area contributed by atoms with E-state index >= 15 is 0 Å². The number of amides is 1. The molecule has 0 bridgehead atoms. The maximum absolute atomic E-state index is 12.4. The van der Waals surface area contributed by atoms with Gasteiger partial charge < -0.3 is 14.3 Å². The van der Waals surface area contributed by atoms with Crippen LogP contribution >= 0.6 is 23.4 Å². The topological polar surface area (TPSA) is 72.9 Å². The first-order chi connectivity index (χ1) is 12.5. The van der Waals surface area contributed by atoms with E-state index in [1.807, 2.05) is 49.7 Å². The smallest absolute Gasteiger partial charge is 0.233 e. The molecule has 2 heterocycles. The van der Waals surface area contributed by atoms with E-state index in [9.17, 15) is 4.79 Å². The van der Waals surface area contributed by atoms with E-state index in [2.05, 4.69) is 15.5 Å². The number of nitrogens with one attached hydrogen (secondary N) is 1.